The van der Waals surface area contributed by atoms with Crippen LogP contribution in [0.2, 0.25) is 0 Å². The summed E-state index contributed by atoms with van der Waals surface area (Å²) in [4.78, 5) is 37.8. The molecule has 0 bridgehead atoms. The molecule has 0 fully saturated rings. The molecule has 1 atom stereocenters. The predicted octanol–water partition coefficient (Wildman–Crippen LogP) is 3.00. The maximum Gasteiger partial charge on any atom is 0.305 e. The van der Waals surface area contributed by atoms with Gasteiger partial charge >= 0.3 is 5.97 Å². The Morgan fingerprint density at radius 2 is 1.82 bits per heavy atom. The molecule has 0 spiro atoms. The molecule has 146 valence electrons. The van der Waals surface area contributed by atoms with Gasteiger partial charge in [0.25, 0.3) is 0 Å². The molecule has 6 heteroatoms. The zero-order chi connectivity index (χ0) is 20.1. The molecule has 0 aromatic heterocycles. The Balaban J connectivity index is 1.68. The number of nitrogens with one attached hydrogen (secondary N) is 1. The highest BCUT2D eigenvalue weighted by molar-refractivity contribution is 5.97. The second-order valence-corrected chi connectivity index (χ2v) is 7.00. The van der Waals surface area contributed by atoms with Gasteiger partial charge in [-0.25, -0.2) is 0 Å². The molecule has 0 saturated heterocycles. The average Bonchev–Trinajstić information content (AvgIpc) is 2.67. The molecular formula is C22H24N2O4. The molecular weight excluding hydrogens is 356 g/mol. The zero-order valence-electron chi connectivity index (χ0n) is 15.9. The van der Waals surface area contributed by atoms with Crippen molar-refractivity contribution in [1.82, 2.24) is 5.32 Å². The summed E-state index contributed by atoms with van der Waals surface area (Å²) in [5.74, 6) is -1.24. The molecule has 2 N–H and O–H groups in total. The van der Waals surface area contributed by atoms with Crippen molar-refractivity contribution in [3.63, 3.8) is 0 Å². The Kier molecular flexibility index (Phi) is 6.09. The van der Waals surface area contributed by atoms with Crippen molar-refractivity contribution in [2.24, 2.45) is 0 Å². The normalized spacial score (nSPS) is 14.3. The highest BCUT2D eigenvalue weighted by Gasteiger charge is 2.25. The molecule has 6 nitrogen and oxygen atoms in total. The number of hydrogen-bond donors (Lipinski definition) is 2. The Morgan fingerprint density at radius 1 is 1.11 bits per heavy atom. The van der Waals surface area contributed by atoms with Gasteiger partial charge in [0.2, 0.25) is 11.8 Å². The smallest absolute Gasteiger partial charge is 0.305 e. The highest BCUT2D eigenvalue weighted by Crippen LogP contribution is 2.27. The first-order valence-electron chi connectivity index (χ1n) is 9.40. The first kappa shape index (κ1) is 19.6. The lowest BCUT2D eigenvalue weighted by Crippen LogP contribution is -2.39. The van der Waals surface area contributed by atoms with Crippen LogP contribution in [0.4, 0.5) is 5.69 Å². The molecule has 2 aromatic carbocycles. The lowest BCUT2D eigenvalue weighted by molar-refractivity contribution is -0.137. The molecule has 2 amide bonds. The Hall–Kier alpha value is -3.15. The first-order chi connectivity index (χ1) is 13.5. The van der Waals surface area contributed by atoms with E-state index < -0.39 is 12.0 Å². The van der Waals surface area contributed by atoms with Gasteiger partial charge in [-0.3, -0.25) is 14.4 Å². The number of nitrogens with zero attached hydrogens (tertiary/aromatic N) is 1. The standard InChI is InChI=1S/C22H24N2O4/c1-15-6-2-4-8-17(15)18(14-22(27)28)23-20(25)12-13-24-19-9-5-3-7-16(19)10-11-21(24)26/h2-9,18H,10-14H2,1H3,(H,23,25)(H,27,28)/t18-/m1/s1. The Labute approximate surface area is 164 Å². The fourth-order valence-electron chi connectivity index (χ4n) is 3.61. The number of hydrogen-bond acceptors (Lipinski definition) is 3. The number of carboxylic acid groups (broad SMARTS) is 1. The van der Waals surface area contributed by atoms with Crippen LogP contribution in [-0.4, -0.2) is 29.4 Å². The molecule has 0 saturated carbocycles. The summed E-state index contributed by atoms with van der Waals surface area (Å²) >= 11 is 0. The summed E-state index contributed by atoms with van der Waals surface area (Å²) in [6.07, 6.45) is 1.07. The van der Waals surface area contributed by atoms with Crippen LogP contribution in [0, 0.1) is 6.92 Å². The van der Waals surface area contributed by atoms with Gasteiger partial charge < -0.3 is 15.3 Å². The summed E-state index contributed by atoms with van der Waals surface area (Å²) in [5.41, 5.74) is 3.67. The number of carboxylic acids is 1. The van der Waals surface area contributed by atoms with E-state index in [1.54, 1.807) is 4.90 Å². The second-order valence-electron chi connectivity index (χ2n) is 7.00. The molecule has 28 heavy (non-hydrogen) atoms. The molecule has 3 rings (SSSR count). The number of amides is 2. The van der Waals surface area contributed by atoms with E-state index >= 15 is 0 Å². The minimum Gasteiger partial charge on any atom is -0.481 e. The second kappa shape index (κ2) is 8.69. The fourth-order valence-corrected chi connectivity index (χ4v) is 3.61. The lowest BCUT2D eigenvalue weighted by Gasteiger charge is -2.29. The number of aliphatic carboxylic acids is 1. The largest absolute Gasteiger partial charge is 0.481 e. The van der Waals surface area contributed by atoms with Crippen molar-refractivity contribution in [2.45, 2.75) is 38.6 Å². The monoisotopic (exact) mass is 380 g/mol. The van der Waals surface area contributed by atoms with Crippen molar-refractivity contribution < 1.29 is 19.5 Å². The third kappa shape index (κ3) is 4.57. The van der Waals surface area contributed by atoms with E-state index in [4.69, 9.17) is 0 Å². The van der Waals surface area contributed by atoms with E-state index in [9.17, 15) is 19.5 Å². The van der Waals surface area contributed by atoms with Crippen LogP contribution in [0.1, 0.15) is 42.0 Å². The van der Waals surface area contributed by atoms with E-state index in [-0.39, 0.29) is 31.2 Å². The first-order valence-corrected chi connectivity index (χ1v) is 9.40. The molecule has 1 aliphatic heterocycles. The van der Waals surface area contributed by atoms with E-state index in [2.05, 4.69) is 5.32 Å². The lowest BCUT2D eigenvalue weighted by atomic mass is 9.98. The highest BCUT2D eigenvalue weighted by atomic mass is 16.4. The Morgan fingerprint density at radius 3 is 2.57 bits per heavy atom. The molecule has 1 heterocycles. The van der Waals surface area contributed by atoms with Gasteiger partial charge in [0.15, 0.2) is 0 Å². The third-order valence-electron chi connectivity index (χ3n) is 5.03. The van der Waals surface area contributed by atoms with Crippen molar-refractivity contribution in [3.8, 4) is 0 Å². The molecule has 0 radical (unpaired) electrons. The summed E-state index contributed by atoms with van der Waals surface area (Å²) in [6.45, 7) is 2.16. The van der Waals surface area contributed by atoms with Gasteiger partial charge in [-0.1, -0.05) is 42.5 Å². The van der Waals surface area contributed by atoms with Crippen molar-refractivity contribution in [3.05, 3.63) is 65.2 Å². The number of rotatable bonds is 7. The molecule has 0 unspecified atom stereocenters. The summed E-state index contributed by atoms with van der Waals surface area (Å²) < 4.78 is 0. The van der Waals surface area contributed by atoms with Crippen molar-refractivity contribution >= 4 is 23.5 Å². The summed E-state index contributed by atoms with van der Waals surface area (Å²) in [5, 5.41) is 12.0. The summed E-state index contributed by atoms with van der Waals surface area (Å²) in [6, 6.07) is 14.5. The minimum atomic E-state index is -0.978. The maximum absolute atomic E-state index is 12.5. The third-order valence-corrected chi connectivity index (χ3v) is 5.03. The topological polar surface area (TPSA) is 86.7 Å². The van der Waals surface area contributed by atoms with Crippen LogP contribution in [0.5, 0.6) is 0 Å². The van der Waals surface area contributed by atoms with E-state index in [0.29, 0.717) is 12.8 Å². The number of carbonyl (C=O) groups is 3. The maximum atomic E-state index is 12.5. The van der Waals surface area contributed by atoms with Crippen LogP contribution in [0.3, 0.4) is 0 Å². The van der Waals surface area contributed by atoms with Gasteiger partial charge in [-0.05, 0) is 36.1 Å². The van der Waals surface area contributed by atoms with Crippen molar-refractivity contribution in [1.29, 1.82) is 0 Å². The number of fused-ring (bicyclic) bond motifs is 1. The number of aryl methyl sites for hydroxylation is 2. The molecule has 0 aliphatic carbocycles. The predicted molar refractivity (Wildman–Crippen MR) is 106 cm³/mol. The summed E-state index contributed by atoms with van der Waals surface area (Å²) in [7, 11) is 0. The van der Waals surface area contributed by atoms with Crippen LogP contribution >= 0.6 is 0 Å². The van der Waals surface area contributed by atoms with Gasteiger partial charge in [-0.2, -0.15) is 0 Å². The molecule has 2 aromatic rings. The van der Waals surface area contributed by atoms with Gasteiger partial charge in [-0.15, -0.1) is 0 Å². The van der Waals surface area contributed by atoms with E-state index in [0.717, 1.165) is 22.4 Å². The quantitative estimate of drug-likeness (QED) is 0.773. The number of carbonyl (C=O) groups excluding carboxylic acids is 2. The minimum absolute atomic E-state index is 0.00693. The van der Waals surface area contributed by atoms with Gasteiger partial charge in [0.05, 0.1) is 12.5 Å². The van der Waals surface area contributed by atoms with Gasteiger partial charge in [0, 0.05) is 25.1 Å². The Bertz CT molecular complexity index is 894. The van der Waals surface area contributed by atoms with Crippen molar-refractivity contribution in [2.75, 3.05) is 11.4 Å². The van der Waals surface area contributed by atoms with E-state index in [1.807, 2.05) is 55.5 Å². The van der Waals surface area contributed by atoms with Crippen LogP contribution in [0.15, 0.2) is 48.5 Å². The SMILES string of the molecule is Cc1ccccc1[C@@H](CC(=O)O)NC(=O)CCN1C(=O)CCc2ccccc21. The number of benzene rings is 2. The zero-order valence-corrected chi connectivity index (χ0v) is 15.9. The van der Waals surface area contributed by atoms with Gasteiger partial charge in [0.1, 0.15) is 0 Å². The van der Waals surface area contributed by atoms with Crippen LogP contribution in [0.25, 0.3) is 0 Å². The average molecular weight is 380 g/mol. The van der Waals surface area contributed by atoms with Crippen LogP contribution < -0.4 is 10.2 Å². The fraction of sp³-hybridized carbons (Fsp3) is 0.318. The van der Waals surface area contributed by atoms with Crippen LogP contribution in [-0.2, 0) is 20.8 Å². The molecule has 1 aliphatic rings. The number of para-hydroxylation sites is 1. The van der Waals surface area contributed by atoms with E-state index in [1.165, 1.54) is 0 Å². The number of anilines is 1.